The van der Waals surface area contributed by atoms with Crippen molar-refractivity contribution in [3.63, 3.8) is 0 Å². The molecule has 0 atom stereocenters. The molecular weight excluding hydrogens is 260 g/mol. The highest BCUT2D eigenvalue weighted by atomic mass is 32.2. The lowest BCUT2D eigenvalue weighted by molar-refractivity contribution is 0.592. The highest BCUT2D eigenvalue weighted by Crippen LogP contribution is 2.18. The monoisotopic (exact) mass is 277 g/mol. The number of aryl methyl sites for hydroxylation is 1. The second-order valence-corrected chi connectivity index (χ2v) is 6.57. The molecule has 0 aromatic heterocycles. The van der Waals surface area contributed by atoms with E-state index in [1.807, 2.05) is 0 Å². The van der Waals surface area contributed by atoms with Gasteiger partial charge in [-0.3, -0.25) is 0 Å². The number of hydrogen-bond acceptors (Lipinski definition) is 3. The number of benzene rings is 1. The first-order valence-corrected chi connectivity index (χ1v) is 7.58. The second-order valence-electron chi connectivity index (χ2n) is 4.10. The molecule has 0 saturated carbocycles. The molecule has 1 N–H and O–H groups in total. The van der Waals surface area contributed by atoms with Gasteiger partial charge in [-0.2, -0.15) is 0 Å². The molecule has 0 amide bonds. The molecule has 18 heavy (non-hydrogen) atoms. The van der Waals surface area contributed by atoms with E-state index in [1.54, 1.807) is 6.92 Å². The first kappa shape index (κ1) is 14.9. The lowest BCUT2D eigenvalue weighted by atomic mass is 10.2. The highest BCUT2D eigenvalue weighted by molar-refractivity contribution is 7.91. The molecule has 0 spiro atoms. The van der Waals surface area contributed by atoms with Gasteiger partial charge in [-0.15, -0.1) is 0 Å². The van der Waals surface area contributed by atoms with Crippen molar-refractivity contribution in [2.24, 2.45) is 0 Å². The van der Waals surface area contributed by atoms with Crippen LogP contribution in [0.25, 0.3) is 0 Å². The van der Waals surface area contributed by atoms with Crippen LogP contribution in [0, 0.1) is 18.6 Å². The average molecular weight is 277 g/mol. The molecule has 0 saturated heterocycles. The summed E-state index contributed by atoms with van der Waals surface area (Å²) in [5.41, 5.74) is 0.304. The summed E-state index contributed by atoms with van der Waals surface area (Å²) in [7, 11) is -3.01. The molecule has 0 bridgehead atoms. The van der Waals surface area contributed by atoms with E-state index in [2.05, 4.69) is 5.32 Å². The molecule has 6 heteroatoms. The topological polar surface area (TPSA) is 46.2 Å². The molecule has 0 unspecified atom stereocenters. The quantitative estimate of drug-likeness (QED) is 0.813. The van der Waals surface area contributed by atoms with Crippen molar-refractivity contribution in [2.45, 2.75) is 20.3 Å². The van der Waals surface area contributed by atoms with Gasteiger partial charge in [0, 0.05) is 18.4 Å². The van der Waals surface area contributed by atoms with Gasteiger partial charge in [0.2, 0.25) is 0 Å². The first-order chi connectivity index (χ1) is 8.35. The first-order valence-electron chi connectivity index (χ1n) is 5.75. The third-order valence-corrected chi connectivity index (χ3v) is 4.43. The van der Waals surface area contributed by atoms with Gasteiger partial charge in [-0.25, -0.2) is 17.2 Å². The lowest BCUT2D eigenvalue weighted by Gasteiger charge is -2.08. The second kappa shape index (κ2) is 6.13. The molecular formula is C12H17F2NO2S. The van der Waals surface area contributed by atoms with E-state index in [0.29, 0.717) is 13.0 Å². The number of hydrogen-bond donors (Lipinski definition) is 1. The Hall–Kier alpha value is -1.17. The van der Waals surface area contributed by atoms with Crippen LogP contribution in [-0.2, 0) is 9.84 Å². The molecule has 1 aromatic carbocycles. The Balaban J connectivity index is 2.52. The van der Waals surface area contributed by atoms with E-state index in [1.165, 1.54) is 6.92 Å². The zero-order valence-electron chi connectivity index (χ0n) is 10.5. The number of anilines is 1. The van der Waals surface area contributed by atoms with Gasteiger partial charge in [0.1, 0.15) is 21.5 Å². The van der Waals surface area contributed by atoms with Gasteiger partial charge >= 0.3 is 0 Å². The highest BCUT2D eigenvalue weighted by Gasteiger charge is 2.09. The molecule has 0 heterocycles. The van der Waals surface area contributed by atoms with Crippen molar-refractivity contribution in [2.75, 3.05) is 23.4 Å². The smallest absolute Gasteiger partial charge is 0.150 e. The van der Waals surface area contributed by atoms with Crippen molar-refractivity contribution >= 4 is 15.5 Å². The Labute approximate surface area is 106 Å². The molecule has 1 aromatic rings. The Morgan fingerprint density at radius 3 is 2.50 bits per heavy atom. The maximum Gasteiger partial charge on any atom is 0.150 e. The van der Waals surface area contributed by atoms with Gasteiger partial charge < -0.3 is 5.32 Å². The molecule has 0 fully saturated rings. The number of rotatable bonds is 6. The van der Waals surface area contributed by atoms with Crippen LogP contribution in [0.5, 0.6) is 0 Å². The van der Waals surface area contributed by atoms with E-state index in [9.17, 15) is 17.2 Å². The van der Waals surface area contributed by atoms with Crippen molar-refractivity contribution in [1.29, 1.82) is 0 Å². The summed E-state index contributed by atoms with van der Waals surface area (Å²) in [5.74, 6) is -0.875. The van der Waals surface area contributed by atoms with E-state index >= 15 is 0 Å². The molecule has 3 nitrogen and oxygen atoms in total. The number of halogens is 2. The Morgan fingerprint density at radius 2 is 1.89 bits per heavy atom. The van der Waals surface area contributed by atoms with Crippen LogP contribution in [0.4, 0.5) is 14.5 Å². The maximum atomic E-state index is 13.4. The molecule has 0 aliphatic carbocycles. The minimum Gasteiger partial charge on any atom is -0.383 e. The Morgan fingerprint density at radius 1 is 1.22 bits per heavy atom. The lowest BCUT2D eigenvalue weighted by Crippen LogP contribution is -2.13. The van der Waals surface area contributed by atoms with Crippen LogP contribution in [0.2, 0.25) is 0 Å². The Bertz CT molecular complexity index is 515. The maximum absolute atomic E-state index is 13.4. The number of sulfone groups is 1. The van der Waals surface area contributed by atoms with Crippen LogP contribution >= 0.6 is 0 Å². The molecule has 0 radical (unpaired) electrons. The Kier molecular flexibility index (Phi) is 5.07. The summed E-state index contributed by atoms with van der Waals surface area (Å²) >= 11 is 0. The SMILES string of the molecule is CCS(=O)(=O)CCCNc1cc(F)c(C)cc1F. The van der Waals surface area contributed by atoms with Crippen LogP contribution in [0.1, 0.15) is 18.9 Å². The summed E-state index contributed by atoms with van der Waals surface area (Å²) in [6, 6.07) is 2.19. The van der Waals surface area contributed by atoms with Gasteiger partial charge in [0.25, 0.3) is 0 Å². The zero-order valence-corrected chi connectivity index (χ0v) is 11.3. The van der Waals surface area contributed by atoms with E-state index in [4.69, 9.17) is 0 Å². The van der Waals surface area contributed by atoms with Gasteiger partial charge in [0.15, 0.2) is 0 Å². The van der Waals surface area contributed by atoms with Crippen LogP contribution in [0.15, 0.2) is 12.1 Å². The summed E-state index contributed by atoms with van der Waals surface area (Å²) in [4.78, 5) is 0. The summed E-state index contributed by atoms with van der Waals surface area (Å²) in [5, 5.41) is 2.70. The van der Waals surface area contributed by atoms with Crippen molar-refractivity contribution in [3.05, 3.63) is 29.3 Å². The van der Waals surface area contributed by atoms with Crippen molar-refractivity contribution in [1.82, 2.24) is 0 Å². The summed E-state index contributed by atoms with van der Waals surface area (Å²) in [6.07, 6.45) is 0.366. The molecule has 102 valence electrons. The largest absolute Gasteiger partial charge is 0.383 e. The predicted molar refractivity (Wildman–Crippen MR) is 68.5 cm³/mol. The standard InChI is InChI=1S/C12H17F2NO2S/c1-3-18(16,17)6-4-5-15-12-8-10(13)9(2)7-11(12)14/h7-8,15H,3-6H2,1-2H3. The minimum absolute atomic E-state index is 0.0481. The van der Waals surface area contributed by atoms with Crippen LogP contribution in [0.3, 0.4) is 0 Å². The zero-order chi connectivity index (χ0) is 13.8. The summed E-state index contributed by atoms with van der Waals surface area (Å²) in [6.45, 7) is 3.35. The van der Waals surface area contributed by atoms with E-state index in [0.717, 1.165) is 12.1 Å². The summed E-state index contributed by atoms with van der Waals surface area (Å²) < 4.78 is 49.0. The van der Waals surface area contributed by atoms with E-state index in [-0.39, 0.29) is 22.8 Å². The fraction of sp³-hybridized carbons (Fsp3) is 0.500. The van der Waals surface area contributed by atoms with E-state index < -0.39 is 21.5 Å². The molecule has 0 aliphatic heterocycles. The van der Waals surface area contributed by atoms with Crippen LogP contribution < -0.4 is 5.32 Å². The fourth-order valence-corrected chi connectivity index (χ4v) is 2.31. The molecule has 1 rings (SSSR count). The van der Waals surface area contributed by atoms with Gasteiger partial charge in [-0.05, 0) is 25.0 Å². The molecule has 0 aliphatic rings. The van der Waals surface area contributed by atoms with Crippen molar-refractivity contribution < 1.29 is 17.2 Å². The third-order valence-electron chi connectivity index (χ3n) is 2.64. The van der Waals surface area contributed by atoms with Crippen molar-refractivity contribution in [3.8, 4) is 0 Å². The van der Waals surface area contributed by atoms with Crippen LogP contribution in [-0.4, -0.2) is 26.5 Å². The normalized spacial score (nSPS) is 11.6. The predicted octanol–water partition coefficient (Wildman–Crippen LogP) is 2.51. The average Bonchev–Trinajstić information content (AvgIpc) is 2.31. The number of nitrogens with one attached hydrogen (secondary N) is 1. The van der Waals surface area contributed by atoms with Gasteiger partial charge in [-0.1, -0.05) is 6.92 Å². The third kappa shape index (κ3) is 4.25. The minimum atomic E-state index is -3.01. The fourth-order valence-electron chi connectivity index (χ4n) is 1.44. The van der Waals surface area contributed by atoms with Gasteiger partial charge in [0.05, 0.1) is 11.4 Å².